The van der Waals surface area contributed by atoms with Gasteiger partial charge in [-0.2, -0.15) is 18.2 Å². The molecule has 30 heavy (non-hydrogen) atoms. The zero-order valence-corrected chi connectivity index (χ0v) is 19.4. The molecule has 7 nitrogen and oxygen atoms in total. The van der Waals surface area contributed by atoms with Crippen LogP contribution in [0.4, 0.5) is 13.2 Å². The smallest absolute Gasteiger partial charge is 0.357 e. The fourth-order valence-electron chi connectivity index (χ4n) is 2.21. The van der Waals surface area contributed by atoms with E-state index in [1.54, 1.807) is 24.3 Å². The van der Waals surface area contributed by atoms with E-state index in [1.165, 1.54) is 0 Å². The van der Waals surface area contributed by atoms with Gasteiger partial charge in [-0.15, -0.1) is 35.3 Å². The van der Waals surface area contributed by atoms with Crippen molar-refractivity contribution < 1.29 is 17.7 Å². The first-order chi connectivity index (χ1) is 13.8. The van der Waals surface area contributed by atoms with Gasteiger partial charge in [0.25, 0.3) is 0 Å². The molecule has 0 aliphatic rings. The van der Waals surface area contributed by atoms with Gasteiger partial charge in [0.15, 0.2) is 11.7 Å². The number of alkyl halides is 3. The molecule has 0 fully saturated rings. The van der Waals surface area contributed by atoms with E-state index in [1.807, 2.05) is 6.92 Å². The quantitative estimate of drug-likeness (QED) is 0.252. The molecular formula is C17H17ClF3IN6OS. The van der Waals surface area contributed by atoms with Gasteiger partial charge >= 0.3 is 6.18 Å². The summed E-state index contributed by atoms with van der Waals surface area (Å²) in [7, 11) is 0. The summed E-state index contributed by atoms with van der Waals surface area (Å²) in [6.07, 6.45) is -4.45. The number of guanidine groups is 1. The van der Waals surface area contributed by atoms with Gasteiger partial charge < -0.3 is 15.2 Å². The number of nitrogens with zero attached hydrogens (tertiary/aromatic N) is 4. The van der Waals surface area contributed by atoms with E-state index in [2.05, 4.69) is 30.8 Å². The van der Waals surface area contributed by atoms with Gasteiger partial charge in [0.2, 0.25) is 11.7 Å². The third-order valence-electron chi connectivity index (χ3n) is 3.54. The summed E-state index contributed by atoms with van der Waals surface area (Å²) < 4.78 is 43.1. The number of thiazole rings is 1. The highest BCUT2D eigenvalue weighted by atomic mass is 127. The van der Waals surface area contributed by atoms with E-state index >= 15 is 0 Å². The lowest BCUT2D eigenvalue weighted by Crippen LogP contribution is -2.36. The van der Waals surface area contributed by atoms with Gasteiger partial charge in [-0.25, -0.2) is 9.98 Å². The molecule has 162 valence electrons. The highest BCUT2D eigenvalue weighted by molar-refractivity contribution is 14.0. The first-order valence-corrected chi connectivity index (χ1v) is 9.73. The van der Waals surface area contributed by atoms with E-state index in [0.29, 0.717) is 34.2 Å². The van der Waals surface area contributed by atoms with E-state index in [9.17, 15) is 13.2 Å². The van der Waals surface area contributed by atoms with Crippen LogP contribution in [-0.2, 0) is 19.3 Å². The summed E-state index contributed by atoms with van der Waals surface area (Å²) in [6, 6.07) is 6.99. The van der Waals surface area contributed by atoms with Gasteiger partial charge in [0.1, 0.15) is 11.6 Å². The summed E-state index contributed by atoms with van der Waals surface area (Å²) in [5.41, 5.74) is -0.149. The summed E-state index contributed by atoms with van der Waals surface area (Å²) in [5.74, 6) is 1.09. The van der Waals surface area contributed by atoms with Crippen LogP contribution in [-0.4, -0.2) is 27.6 Å². The van der Waals surface area contributed by atoms with Gasteiger partial charge in [-0.05, 0) is 31.2 Å². The van der Waals surface area contributed by atoms with E-state index in [-0.39, 0.29) is 37.1 Å². The minimum atomic E-state index is -4.45. The van der Waals surface area contributed by atoms with Gasteiger partial charge in [0.05, 0.1) is 6.54 Å². The van der Waals surface area contributed by atoms with Crippen LogP contribution in [0, 0.1) is 0 Å². The van der Waals surface area contributed by atoms with Crippen LogP contribution in [0.1, 0.15) is 23.5 Å². The second kappa shape index (κ2) is 10.9. The van der Waals surface area contributed by atoms with Gasteiger partial charge in [0, 0.05) is 22.5 Å². The lowest BCUT2D eigenvalue weighted by molar-refractivity contribution is -0.140. The second-order valence-electron chi connectivity index (χ2n) is 5.69. The fourth-order valence-corrected chi connectivity index (χ4v) is 3.07. The zero-order chi connectivity index (χ0) is 20.9. The maximum absolute atomic E-state index is 12.6. The number of hydrogen-bond acceptors (Lipinski definition) is 6. The molecule has 0 aliphatic carbocycles. The number of aliphatic imine (C=N–C) groups is 1. The molecule has 0 saturated heterocycles. The molecule has 0 radical (unpaired) electrons. The molecule has 2 N–H and O–H groups in total. The van der Waals surface area contributed by atoms with Crippen molar-refractivity contribution in [3.8, 4) is 11.4 Å². The fraction of sp³-hybridized carbons (Fsp3) is 0.294. The first kappa shape index (κ1) is 24.3. The maximum atomic E-state index is 12.6. The number of nitrogens with one attached hydrogen (secondary N) is 2. The van der Waals surface area contributed by atoms with Crippen molar-refractivity contribution in [3.63, 3.8) is 0 Å². The van der Waals surface area contributed by atoms with Crippen LogP contribution in [0.2, 0.25) is 5.02 Å². The summed E-state index contributed by atoms with van der Waals surface area (Å²) in [6.45, 7) is 2.64. The molecule has 2 heterocycles. The number of benzene rings is 1. The maximum Gasteiger partial charge on any atom is 0.434 e. The predicted molar refractivity (Wildman–Crippen MR) is 119 cm³/mol. The monoisotopic (exact) mass is 572 g/mol. The van der Waals surface area contributed by atoms with Crippen LogP contribution in [0.25, 0.3) is 11.4 Å². The Bertz CT molecular complexity index is 977. The molecule has 0 unspecified atom stereocenters. The van der Waals surface area contributed by atoms with E-state index < -0.39 is 11.9 Å². The highest BCUT2D eigenvalue weighted by Gasteiger charge is 2.33. The van der Waals surface area contributed by atoms with Crippen molar-refractivity contribution in [1.29, 1.82) is 0 Å². The lowest BCUT2D eigenvalue weighted by Gasteiger charge is -2.09. The Morgan fingerprint density at radius 1 is 1.20 bits per heavy atom. The lowest BCUT2D eigenvalue weighted by atomic mass is 10.2. The van der Waals surface area contributed by atoms with Gasteiger partial charge in [-0.3, -0.25) is 0 Å². The molecular weight excluding hydrogens is 556 g/mol. The van der Waals surface area contributed by atoms with Crippen molar-refractivity contribution in [3.05, 3.63) is 51.3 Å². The Morgan fingerprint density at radius 3 is 2.57 bits per heavy atom. The Morgan fingerprint density at radius 2 is 1.93 bits per heavy atom. The second-order valence-corrected chi connectivity index (χ2v) is 7.07. The van der Waals surface area contributed by atoms with Crippen LogP contribution in [0.3, 0.4) is 0 Å². The molecule has 1 aromatic carbocycles. The predicted octanol–water partition coefficient (Wildman–Crippen LogP) is 4.74. The van der Waals surface area contributed by atoms with Crippen molar-refractivity contribution in [2.75, 3.05) is 6.54 Å². The number of halogens is 5. The highest BCUT2D eigenvalue weighted by Crippen LogP contribution is 2.29. The van der Waals surface area contributed by atoms with E-state index in [4.69, 9.17) is 16.1 Å². The third-order valence-corrected chi connectivity index (χ3v) is 4.64. The van der Waals surface area contributed by atoms with E-state index in [0.717, 1.165) is 22.3 Å². The average molecular weight is 573 g/mol. The topological polar surface area (TPSA) is 88.2 Å². The Labute approximate surface area is 196 Å². The average Bonchev–Trinajstić information content (AvgIpc) is 3.34. The molecule has 3 aromatic rings. The number of aromatic nitrogens is 3. The number of rotatable bonds is 6. The summed E-state index contributed by atoms with van der Waals surface area (Å²) in [5, 5.41) is 11.7. The normalized spacial score (nSPS) is 11.8. The molecule has 0 atom stereocenters. The van der Waals surface area contributed by atoms with Crippen molar-refractivity contribution >= 4 is 52.9 Å². The van der Waals surface area contributed by atoms with Crippen LogP contribution < -0.4 is 10.6 Å². The van der Waals surface area contributed by atoms with Crippen LogP contribution in [0.5, 0.6) is 0 Å². The molecule has 2 aromatic heterocycles. The Hall–Kier alpha value is -1.93. The minimum Gasteiger partial charge on any atom is -0.357 e. The van der Waals surface area contributed by atoms with Crippen LogP contribution >= 0.6 is 46.9 Å². The summed E-state index contributed by atoms with van der Waals surface area (Å²) >= 11 is 6.79. The molecule has 0 spiro atoms. The van der Waals surface area contributed by atoms with Gasteiger partial charge in [-0.1, -0.05) is 16.8 Å². The molecule has 0 amide bonds. The Kier molecular flexibility index (Phi) is 8.85. The van der Waals surface area contributed by atoms with Crippen molar-refractivity contribution in [2.24, 2.45) is 4.99 Å². The van der Waals surface area contributed by atoms with Crippen molar-refractivity contribution in [2.45, 2.75) is 26.2 Å². The molecule has 3 rings (SSSR count). The minimum absolute atomic E-state index is 0. The zero-order valence-electron chi connectivity index (χ0n) is 15.5. The first-order valence-electron chi connectivity index (χ1n) is 8.47. The SMILES string of the molecule is CCNC(=NCc1nc(-c2ccc(Cl)cc2)no1)NCc1nc(C(F)(F)F)cs1.I. The third kappa shape index (κ3) is 6.80. The van der Waals surface area contributed by atoms with Crippen molar-refractivity contribution in [1.82, 2.24) is 25.8 Å². The summed E-state index contributed by atoms with van der Waals surface area (Å²) in [4.78, 5) is 12.2. The molecule has 0 bridgehead atoms. The Balaban J connectivity index is 0.00000320. The number of hydrogen-bond donors (Lipinski definition) is 2. The standard InChI is InChI=1S/C17H16ClF3N6OS.HI/c1-2-22-16(24-8-14-25-12(9-29-14)17(19,20)21)23-7-13-26-15(27-28-13)10-3-5-11(18)6-4-10;/h3-6,9H,2,7-8H2,1H3,(H2,22,23,24);1H. The molecule has 0 aliphatic heterocycles. The van der Waals surface area contributed by atoms with Crippen LogP contribution in [0.15, 0.2) is 39.2 Å². The molecule has 13 heteroatoms. The largest absolute Gasteiger partial charge is 0.434 e. The molecule has 0 saturated carbocycles.